The van der Waals surface area contributed by atoms with Crippen LogP contribution in [-0.2, 0) is 10.8 Å². The fourth-order valence-corrected chi connectivity index (χ4v) is 22.2. The van der Waals surface area contributed by atoms with E-state index in [1.54, 1.807) is 22.3 Å². The van der Waals surface area contributed by atoms with Crippen molar-refractivity contribution in [1.82, 2.24) is 0 Å². The second kappa shape index (κ2) is 24.1. The minimum atomic E-state index is 0.203. The van der Waals surface area contributed by atoms with Gasteiger partial charge in [0.1, 0.15) is 0 Å². The molecule has 0 saturated heterocycles. The van der Waals surface area contributed by atoms with Gasteiger partial charge >= 0.3 is 0 Å². The molecule has 2 spiro atoms. The maximum Gasteiger partial charge on any atom is 0.0462 e. The summed E-state index contributed by atoms with van der Waals surface area (Å²) < 4.78 is 0. The van der Waals surface area contributed by atoms with E-state index >= 15 is 0 Å². The first kappa shape index (κ1) is 59.5. The fourth-order valence-electron chi connectivity index (χ4n) is 22.2. The topological polar surface area (TPSA) is 6.48 Å². The highest BCUT2D eigenvalue weighted by Crippen LogP contribution is 2.72. The van der Waals surface area contributed by atoms with Crippen LogP contribution >= 0.6 is 0 Å². The molecule has 0 heterocycles. The van der Waals surface area contributed by atoms with E-state index < -0.39 is 0 Å². The zero-order valence-electron chi connectivity index (χ0n) is 56.8. The van der Waals surface area contributed by atoms with Crippen LogP contribution in [0.1, 0.15) is 86.5 Å². The van der Waals surface area contributed by atoms with E-state index in [1.807, 2.05) is 0 Å². The maximum absolute atomic E-state index is 2.51. The fraction of sp³-hybridized carbons (Fsp3) is 0.204. The number of rotatable bonds is 11. The van der Waals surface area contributed by atoms with E-state index in [1.165, 1.54) is 142 Å². The molecule has 484 valence electrons. The van der Waals surface area contributed by atoms with Crippen LogP contribution in [0, 0.1) is 47.3 Å². The lowest BCUT2D eigenvalue weighted by Gasteiger charge is -2.61. The maximum atomic E-state index is 2.51. The van der Waals surface area contributed by atoms with E-state index in [2.05, 4.69) is 337 Å². The largest absolute Gasteiger partial charge is 0.311 e. The predicted molar refractivity (Wildman–Crippen MR) is 416 cm³/mol. The van der Waals surface area contributed by atoms with Crippen molar-refractivity contribution >= 4 is 34.1 Å². The van der Waals surface area contributed by atoms with Gasteiger partial charge in [0.15, 0.2) is 0 Å². The van der Waals surface area contributed by atoms with Crippen LogP contribution in [0.5, 0.6) is 0 Å². The molecule has 0 aliphatic heterocycles. The van der Waals surface area contributed by atoms with E-state index in [9.17, 15) is 0 Å². The van der Waals surface area contributed by atoms with E-state index in [4.69, 9.17) is 0 Å². The van der Waals surface area contributed by atoms with E-state index in [-0.39, 0.29) is 10.8 Å². The van der Waals surface area contributed by atoms with Crippen molar-refractivity contribution in [3.8, 4) is 77.9 Å². The number of fused-ring (bicyclic) bond motifs is 6. The summed E-state index contributed by atoms with van der Waals surface area (Å²) >= 11 is 0. The summed E-state index contributed by atoms with van der Waals surface area (Å²) in [6.45, 7) is 0. The average molecular weight is 1290 g/mol. The third kappa shape index (κ3) is 9.56. The van der Waals surface area contributed by atoms with Gasteiger partial charge in [-0.15, -0.1) is 0 Å². The number of anilines is 6. The molecule has 0 amide bonds. The summed E-state index contributed by atoms with van der Waals surface area (Å²) in [6.07, 6.45) is 14.3. The Morgan fingerprint density at radius 2 is 0.410 bits per heavy atom. The quantitative estimate of drug-likeness (QED) is 0.127. The molecular weight excluding hydrogens is 1210 g/mol. The first-order valence-corrected chi connectivity index (χ1v) is 37.3. The molecule has 2 heteroatoms. The van der Waals surface area contributed by atoms with Crippen LogP contribution in [-0.4, -0.2) is 0 Å². The zero-order valence-corrected chi connectivity index (χ0v) is 56.8. The molecule has 10 aliphatic carbocycles. The molecule has 0 atom stereocenters. The molecule has 0 unspecified atom stereocenters. The van der Waals surface area contributed by atoms with Gasteiger partial charge in [-0.1, -0.05) is 255 Å². The molecule has 13 aromatic carbocycles. The third-order valence-electron chi connectivity index (χ3n) is 25.7. The first-order valence-electron chi connectivity index (χ1n) is 37.3. The SMILES string of the molecule is c1ccc(-c2ccc(N(c3ccccc3)c3ccc(-c4ccc(-c5cccc6c5-c5ccccc5C65C6CC7CC(C6)CC5C7)cc4)cc3)cc2)cc1.c1ccc(N(c2ccccc2)c2ccc(-c3ccc(-c4cccc5c4-c4ccccc4C54C5CC6CC(C5)CC4C6)cc3)cc2)cc1. The average Bonchev–Trinajstić information content (AvgIpc) is 1.49. The van der Waals surface area contributed by atoms with Gasteiger partial charge in [0.05, 0.1) is 0 Å². The first-order chi connectivity index (χ1) is 49.5. The van der Waals surface area contributed by atoms with Crippen LogP contribution in [0.4, 0.5) is 34.1 Å². The normalized spacial score (nSPS) is 23.9. The number of hydrogen-bond donors (Lipinski definition) is 0. The molecule has 0 radical (unpaired) electrons. The van der Waals surface area contributed by atoms with Crippen molar-refractivity contribution in [3.63, 3.8) is 0 Å². The molecule has 2 nitrogen and oxygen atoms in total. The van der Waals surface area contributed by atoms with Gasteiger partial charge < -0.3 is 9.80 Å². The lowest BCUT2D eigenvalue weighted by atomic mass is 9.43. The second-order valence-corrected chi connectivity index (χ2v) is 30.7. The van der Waals surface area contributed by atoms with Gasteiger partial charge in [-0.3, -0.25) is 0 Å². The van der Waals surface area contributed by atoms with Crippen LogP contribution in [0.15, 0.2) is 328 Å². The molecule has 10 aliphatic rings. The van der Waals surface area contributed by atoms with Gasteiger partial charge in [-0.05, 0) is 284 Å². The van der Waals surface area contributed by atoms with Gasteiger partial charge in [-0.25, -0.2) is 0 Å². The van der Waals surface area contributed by atoms with Crippen LogP contribution in [0.2, 0.25) is 0 Å². The standard InChI is InChI=1S/C52H43N.C46H39N/c1-3-10-37(11-4-1)39-22-26-45(27-23-39)53(44-12-5-2-6-13-44)46-28-24-40(25-29-46)38-18-20-41(21-19-38)47-15-9-17-50-51(47)48-14-7-8-16-49(48)52(50)42-31-35-30-36(33-42)34-43(52)32-35;1-3-10-38(11-4-1)47(39-12-5-2-6-13-39)40-24-22-34(23-25-40)33-18-20-35(21-19-33)41-15-9-17-44-45(41)42-14-7-8-16-43(42)46(44)36-27-31-26-32(29-36)30-37(46)28-31/h1-29,35-36,42-43H,30-34H2;1-25,31-32,36-37H,26-30H2. The van der Waals surface area contributed by atoms with E-state index in [0.717, 1.165) is 81.5 Å². The molecule has 100 heavy (non-hydrogen) atoms. The Labute approximate surface area is 590 Å². The summed E-state index contributed by atoms with van der Waals surface area (Å²) in [5.74, 6) is 6.99. The lowest BCUT2D eigenvalue weighted by molar-refractivity contribution is -0.0399. The summed E-state index contributed by atoms with van der Waals surface area (Å²) in [5.41, 5.74) is 32.6. The molecule has 13 aromatic rings. The second-order valence-electron chi connectivity index (χ2n) is 30.7. The Balaban J connectivity index is 0.000000136. The monoisotopic (exact) mass is 1290 g/mol. The highest BCUT2D eigenvalue weighted by molar-refractivity contribution is 5.95. The molecule has 8 fully saturated rings. The molecule has 0 aromatic heterocycles. The Hall–Kier alpha value is -10.5. The molecule has 0 N–H and O–H groups in total. The summed E-state index contributed by atoms with van der Waals surface area (Å²) in [7, 11) is 0. The van der Waals surface area contributed by atoms with Crippen molar-refractivity contribution in [2.24, 2.45) is 47.3 Å². The number of para-hydroxylation sites is 3. The Bertz CT molecular complexity index is 5060. The Kier molecular flexibility index (Phi) is 14.4. The Morgan fingerprint density at radius 1 is 0.180 bits per heavy atom. The van der Waals surface area contributed by atoms with Crippen LogP contribution in [0.3, 0.4) is 0 Å². The van der Waals surface area contributed by atoms with Gasteiger partial charge in [-0.2, -0.15) is 0 Å². The van der Waals surface area contributed by atoms with Gasteiger partial charge in [0, 0.05) is 45.0 Å². The highest BCUT2D eigenvalue weighted by Gasteiger charge is 2.63. The van der Waals surface area contributed by atoms with Gasteiger partial charge in [0.2, 0.25) is 0 Å². The summed E-state index contributed by atoms with van der Waals surface area (Å²) in [5, 5.41) is 0. The van der Waals surface area contributed by atoms with Crippen molar-refractivity contribution in [2.75, 3.05) is 9.80 Å². The third-order valence-corrected chi connectivity index (χ3v) is 25.7. The molecular formula is C98H82N2. The predicted octanol–water partition coefficient (Wildman–Crippen LogP) is 26.1. The minimum Gasteiger partial charge on any atom is -0.311 e. The zero-order chi connectivity index (χ0) is 65.9. The van der Waals surface area contributed by atoms with Gasteiger partial charge in [0.25, 0.3) is 0 Å². The molecule has 23 rings (SSSR count). The molecule has 8 bridgehead atoms. The smallest absolute Gasteiger partial charge is 0.0462 e. The van der Waals surface area contributed by atoms with Crippen molar-refractivity contribution in [3.05, 3.63) is 350 Å². The number of nitrogens with zero attached hydrogens (tertiary/aromatic N) is 2. The summed E-state index contributed by atoms with van der Waals surface area (Å²) in [6, 6.07) is 122. The Morgan fingerprint density at radius 3 is 0.730 bits per heavy atom. The van der Waals surface area contributed by atoms with E-state index in [0.29, 0.717) is 0 Å². The van der Waals surface area contributed by atoms with Crippen molar-refractivity contribution < 1.29 is 0 Å². The van der Waals surface area contributed by atoms with Crippen LogP contribution < -0.4 is 9.80 Å². The molecule has 8 saturated carbocycles. The summed E-state index contributed by atoms with van der Waals surface area (Å²) in [4.78, 5) is 4.66. The highest BCUT2D eigenvalue weighted by atomic mass is 15.1. The number of benzene rings is 13. The minimum absolute atomic E-state index is 0.203. The van der Waals surface area contributed by atoms with Crippen LogP contribution in [0.25, 0.3) is 77.9 Å². The van der Waals surface area contributed by atoms with Crippen molar-refractivity contribution in [2.45, 2.75) is 75.0 Å². The number of hydrogen-bond acceptors (Lipinski definition) is 2. The lowest BCUT2D eigenvalue weighted by Crippen LogP contribution is -2.55. The van der Waals surface area contributed by atoms with Crippen molar-refractivity contribution in [1.29, 1.82) is 0 Å².